The van der Waals surface area contributed by atoms with E-state index in [0.717, 1.165) is 16.5 Å². The Morgan fingerprint density at radius 1 is 0.963 bits per heavy atom. The van der Waals surface area contributed by atoms with Crippen LogP contribution in [0.15, 0.2) is 67.0 Å². The molecule has 0 saturated heterocycles. The highest BCUT2D eigenvalue weighted by molar-refractivity contribution is 7.18. The van der Waals surface area contributed by atoms with Crippen LogP contribution in [0.2, 0.25) is 5.02 Å². The molecule has 0 amide bonds. The van der Waals surface area contributed by atoms with E-state index in [-0.39, 0.29) is 0 Å². The Morgan fingerprint density at radius 3 is 2.44 bits per heavy atom. The smallest absolute Gasteiger partial charge is 0.264 e. The first-order valence-electron chi connectivity index (χ1n) is 7.86. The lowest BCUT2D eigenvalue weighted by atomic mass is 10.2. The fourth-order valence-electron chi connectivity index (χ4n) is 2.64. The van der Waals surface area contributed by atoms with E-state index >= 15 is 0 Å². The molecule has 3 heterocycles. The standard InChI is InChI=1S/C19H11ClF3N3S/c20-13-5-1-2-6-14(13)26-15(10-18(25-26)19(21,22)23)17-8-7-16(27-17)12-4-3-9-24-11-12/h1-11H. The maximum absolute atomic E-state index is 13.3. The maximum Gasteiger partial charge on any atom is 0.435 e. The summed E-state index contributed by atoms with van der Waals surface area (Å²) in [4.78, 5) is 5.63. The molecule has 0 radical (unpaired) electrons. The molecular formula is C19H11ClF3N3S. The fraction of sp³-hybridized carbons (Fsp3) is 0.0526. The number of pyridine rings is 1. The minimum atomic E-state index is -4.55. The third-order valence-electron chi connectivity index (χ3n) is 3.88. The van der Waals surface area contributed by atoms with Gasteiger partial charge in [-0.3, -0.25) is 4.98 Å². The van der Waals surface area contributed by atoms with Gasteiger partial charge in [-0.25, -0.2) is 4.68 Å². The van der Waals surface area contributed by atoms with Crippen molar-refractivity contribution in [2.24, 2.45) is 0 Å². The van der Waals surface area contributed by atoms with Gasteiger partial charge in [0.2, 0.25) is 0 Å². The summed E-state index contributed by atoms with van der Waals surface area (Å²) in [6.45, 7) is 0. The number of nitrogens with zero attached hydrogens (tertiary/aromatic N) is 3. The van der Waals surface area contributed by atoms with Crippen LogP contribution >= 0.6 is 22.9 Å². The first kappa shape index (κ1) is 17.8. The van der Waals surface area contributed by atoms with Crippen LogP contribution in [0.25, 0.3) is 26.7 Å². The van der Waals surface area contributed by atoms with E-state index in [1.165, 1.54) is 16.0 Å². The van der Waals surface area contributed by atoms with Crippen molar-refractivity contribution in [3.05, 3.63) is 77.7 Å². The topological polar surface area (TPSA) is 30.7 Å². The van der Waals surface area contributed by atoms with E-state index in [0.29, 0.717) is 21.3 Å². The number of halogens is 4. The zero-order valence-electron chi connectivity index (χ0n) is 13.6. The summed E-state index contributed by atoms with van der Waals surface area (Å²) >= 11 is 7.56. The van der Waals surface area contributed by atoms with Crippen molar-refractivity contribution in [1.82, 2.24) is 14.8 Å². The summed E-state index contributed by atoms with van der Waals surface area (Å²) in [6, 6.07) is 15.0. The lowest BCUT2D eigenvalue weighted by Crippen LogP contribution is -2.07. The number of hydrogen-bond donors (Lipinski definition) is 0. The molecule has 3 nitrogen and oxygen atoms in total. The minimum Gasteiger partial charge on any atom is -0.264 e. The largest absolute Gasteiger partial charge is 0.435 e. The molecule has 8 heteroatoms. The molecule has 1 aromatic carbocycles. The molecule has 27 heavy (non-hydrogen) atoms. The average Bonchev–Trinajstić information content (AvgIpc) is 3.30. The van der Waals surface area contributed by atoms with E-state index in [4.69, 9.17) is 11.6 Å². The van der Waals surface area contributed by atoms with Crippen LogP contribution in [0.1, 0.15) is 5.69 Å². The van der Waals surface area contributed by atoms with Crippen molar-refractivity contribution in [2.75, 3.05) is 0 Å². The van der Waals surface area contributed by atoms with E-state index in [1.54, 1.807) is 42.7 Å². The highest BCUT2D eigenvalue weighted by atomic mass is 35.5. The number of benzene rings is 1. The summed E-state index contributed by atoms with van der Waals surface area (Å²) < 4.78 is 41.0. The molecule has 3 aromatic heterocycles. The van der Waals surface area contributed by atoms with Crippen molar-refractivity contribution >= 4 is 22.9 Å². The Bertz CT molecular complexity index is 1090. The van der Waals surface area contributed by atoms with E-state index in [9.17, 15) is 13.2 Å². The summed E-state index contributed by atoms with van der Waals surface area (Å²) in [5, 5.41) is 4.09. The number of aromatic nitrogens is 3. The molecular weight excluding hydrogens is 395 g/mol. The first-order valence-corrected chi connectivity index (χ1v) is 9.06. The van der Waals surface area contributed by atoms with Crippen molar-refractivity contribution in [3.63, 3.8) is 0 Å². The quantitative estimate of drug-likeness (QED) is 0.398. The van der Waals surface area contributed by atoms with Crippen LogP contribution in [0.3, 0.4) is 0 Å². The number of rotatable bonds is 3. The zero-order chi connectivity index (χ0) is 19.0. The van der Waals surface area contributed by atoms with Gasteiger partial charge in [-0.05, 0) is 36.4 Å². The molecule has 0 aliphatic heterocycles. The molecule has 4 aromatic rings. The monoisotopic (exact) mass is 405 g/mol. The molecule has 0 bridgehead atoms. The van der Waals surface area contributed by atoms with Crippen LogP contribution in [0.4, 0.5) is 13.2 Å². The molecule has 0 unspecified atom stereocenters. The normalized spacial score (nSPS) is 11.7. The number of thiophene rings is 1. The average molecular weight is 406 g/mol. The number of alkyl halides is 3. The van der Waals surface area contributed by atoms with Crippen molar-refractivity contribution in [3.8, 4) is 26.7 Å². The Balaban J connectivity index is 1.86. The van der Waals surface area contributed by atoms with Crippen LogP contribution in [0, 0.1) is 0 Å². The van der Waals surface area contributed by atoms with Gasteiger partial charge in [0, 0.05) is 22.8 Å². The van der Waals surface area contributed by atoms with Gasteiger partial charge in [-0.2, -0.15) is 18.3 Å². The molecule has 0 spiro atoms. The van der Waals surface area contributed by atoms with Crippen LogP contribution < -0.4 is 0 Å². The predicted octanol–water partition coefficient (Wildman–Crippen LogP) is 6.34. The Morgan fingerprint density at radius 2 is 1.74 bits per heavy atom. The summed E-state index contributed by atoms with van der Waals surface area (Å²) in [5.41, 5.74) is 0.652. The lowest BCUT2D eigenvalue weighted by molar-refractivity contribution is -0.141. The van der Waals surface area contributed by atoms with Crippen molar-refractivity contribution in [1.29, 1.82) is 0 Å². The van der Waals surface area contributed by atoms with Crippen LogP contribution in [0.5, 0.6) is 0 Å². The molecule has 0 fully saturated rings. The summed E-state index contributed by atoms with van der Waals surface area (Å²) in [6.07, 6.45) is -1.17. The molecule has 0 N–H and O–H groups in total. The van der Waals surface area contributed by atoms with Crippen molar-refractivity contribution < 1.29 is 13.2 Å². The minimum absolute atomic E-state index is 0.319. The summed E-state index contributed by atoms with van der Waals surface area (Å²) in [5.74, 6) is 0. The Hall–Kier alpha value is -2.64. The van der Waals surface area contributed by atoms with Gasteiger partial charge < -0.3 is 0 Å². The SMILES string of the molecule is FC(F)(F)c1cc(-c2ccc(-c3cccnc3)s2)n(-c2ccccc2Cl)n1. The van der Waals surface area contributed by atoms with Crippen molar-refractivity contribution in [2.45, 2.75) is 6.18 Å². The van der Waals surface area contributed by atoms with Gasteiger partial charge in [0.05, 0.1) is 21.3 Å². The molecule has 136 valence electrons. The van der Waals surface area contributed by atoms with Crippen LogP contribution in [-0.2, 0) is 6.18 Å². The second-order valence-electron chi connectivity index (χ2n) is 5.68. The second kappa shape index (κ2) is 6.83. The molecule has 4 rings (SSSR count). The second-order valence-corrected chi connectivity index (χ2v) is 7.17. The lowest BCUT2D eigenvalue weighted by Gasteiger charge is -2.08. The zero-order valence-corrected chi connectivity index (χ0v) is 15.2. The third kappa shape index (κ3) is 3.48. The first-order chi connectivity index (χ1) is 12.9. The third-order valence-corrected chi connectivity index (χ3v) is 5.36. The molecule has 0 aliphatic rings. The van der Waals surface area contributed by atoms with Gasteiger partial charge in [0.25, 0.3) is 0 Å². The molecule has 0 saturated carbocycles. The number of hydrogen-bond acceptors (Lipinski definition) is 3. The Kier molecular flexibility index (Phi) is 4.49. The van der Waals surface area contributed by atoms with Gasteiger partial charge in [0.15, 0.2) is 5.69 Å². The van der Waals surface area contributed by atoms with Gasteiger partial charge in [-0.1, -0.05) is 29.8 Å². The number of para-hydroxylation sites is 1. The van der Waals surface area contributed by atoms with E-state index < -0.39 is 11.9 Å². The summed E-state index contributed by atoms with van der Waals surface area (Å²) in [7, 11) is 0. The predicted molar refractivity (Wildman–Crippen MR) is 100 cm³/mol. The highest BCUT2D eigenvalue weighted by Gasteiger charge is 2.35. The highest BCUT2D eigenvalue weighted by Crippen LogP contribution is 2.39. The van der Waals surface area contributed by atoms with E-state index in [2.05, 4.69) is 10.1 Å². The van der Waals surface area contributed by atoms with Gasteiger partial charge in [-0.15, -0.1) is 11.3 Å². The molecule has 0 atom stereocenters. The van der Waals surface area contributed by atoms with Gasteiger partial charge >= 0.3 is 6.18 Å². The Labute approximate surface area is 161 Å². The van der Waals surface area contributed by atoms with Gasteiger partial charge in [0.1, 0.15) is 0 Å². The van der Waals surface area contributed by atoms with E-state index in [1.807, 2.05) is 18.2 Å². The molecule has 0 aliphatic carbocycles. The fourth-order valence-corrected chi connectivity index (χ4v) is 3.85. The maximum atomic E-state index is 13.3. The van der Waals surface area contributed by atoms with Crippen LogP contribution in [-0.4, -0.2) is 14.8 Å².